The average molecular weight is 212 g/mol. The molecule has 1 heterocycles. The number of hydrogen-bond donors (Lipinski definition) is 1. The van der Waals surface area contributed by atoms with Crippen LogP contribution in [0.1, 0.15) is 27.2 Å². The zero-order valence-corrected chi connectivity index (χ0v) is 9.70. The molecular formula is C11H18NO3+. The zero-order valence-electron chi connectivity index (χ0n) is 9.70. The number of carbonyl (C=O) groups excluding carboxylic acids is 1. The fourth-order valence-corrected chi connectivity index (χ4v) is 2.03. The fourth-order valence-electron chi connectivity index (χ4n) is 2.03. The van der Waals surface area contributed by atoms with E-state index in [0.717, 1.165) is 24.9 Å². The van der Waals surface area contributed by atoms with Crippen molar-refractivity contribution < 1.29 is 19.2 Å². The highest BCUT2D eigenvalue weighted by molar-refractivity contribution is 5.88. The second-order valence-corrected chi connectivity index (χ2v) is 4.67. The maximum atomic E-state index is 11.4. The molecule has 0 aliphatic carbocycles. The third-order valence-corrected chi connectivity index (χ3v) is 2.59. The number of hydrogen-bond acceptors (Lipinski definition) is 3. The summed E-state index contributed by atoms with van der Waals surface area (Å²) in [4.78, 5) is 11.4. The largest absolute Gasteiger partial charge is 0.509 e. The van der Waals surface area contributed by atoms with Gasteiger partial charge in [0, 0.05) is 18.8 Å². The Labute approximate surface area is 89.9 Å². The Morgan fingerprint density at radius 1 is 1.60 bits per heavy atom. The Kier molecular flexibility index (Phi) is 3.17. The van der Waals surface area contributed by atoms with Gasteiger partial charge in [0.15, 0.2) is 18.5 Å². The molecule has 0 aromatic rings. The standard InChI is InChI=1S/C11H17NO3/c1-8-5-11(2,3)7-12(8)9(6-13)10(14)15-4/h6H,5,7H2,1-4H3/p+1. The summed E-state index contributed by atoms with van der Waals surface area (Å²) in [6.07, 6.45) is 1.73. The summed E-state index contributed by atoms with van der Waals surface area (Å²) >= 11 is 0. The van der Waals surface area contributed by atoms with Crippen LogP contribution in [0.5, 0.6) is 0 Å². The van der Waals surface area contributed by atoms with E-state index in [1.54, 1.807) is 0 Å². The number of esters is 1. The number of carbonyl (C=O) groups is 1. The van der Waals surface area contributed by atoms with Gasteiger partial charge in [-0.15, -0.1) is 0 Å². The molecule has 0 fully saturated rings. The average Bonchev–Trinajstić information content (AvgIpc) is 2.41. The predicted octanol–water partition coefficient (Wildman–Crippen LogP) is 1.46. The third kappa shape index (κ3) is 2.37. The van der Waals surface area contributed by atoms with Crippen molar-refractivity contribution in [3.63, 3.8) is 0 Å². The van der Waals surface area contributed by atoms with Gasteiger partial charge in [-0.05, 0) is 0 Å². The van der Waals surface area contributed by atoms with Crippen molar-refractivity contribution in [3.05, 3.63) is 12.0 Å². The van der Waals surface area contributed by atoms with Gasteiger partial charge in [-0.1, -0.05) is 13.8 Å². The van der Waals surface area contributed by atoms with Crippen LogP contribution in [0.3, 0.4) is 0 Å². The Hall–Kier alpha value is -1.32. The van der Waals surface area contributed by atoms with Gasteiger partial charge in [-0.3, -0.25) is 0 Å². The van der Waals surface area contributed by atoms with Crippen molar-refractivity contribution in [1.82, 2.24) is 0 Å². The molecule has 1 N–H and O–H groups in total. The molecule has 0 radical (unpaired) electrons. The van der Waals surface area contributed by atoms with Gasteiger partial charge in [0.25, 0.3) is 0 Å². The van der Waals surface area contributed by atoms with Crippen molar-refractivity contribution in [2.45, 2.75) is 27.2 Å². The van der Waals surface area contributed by atoms with Gasteiger partial charge >= 0.3 is 11.7 Å². The lowest BCUT2D eigenvalue weighted by molar-refractivity contribution is -0.477. The summed E-state index contributed by atoms with van der Waals surface area (Å²) in [6.45, 7) is 6.94. The van der Waals surface area contributed by atoms with Crippen LogP contribution >= 0.6 is 0 Å². The highest BCUT2D eigenvalue weighted by Crippen LogP contribution is 2.28. The molecule has 0 atom stereocenters. The van der Waals surface area contributed by atoms with E-state index in [1.807, 2.05) is 11.5 Å². The zero-order chi connectivity index (χ0) is 11.6. The van der Waals surface area contributed by atoms with E-state index < -0.39 is 5.97 Å². The first kappa shape index (κ1) is 11.8. The summed E-state index contributed by atoms with van der Waals surface area (Å²) in [6, 6.07) is 0. The second kappa shape index (κ2) is 4.04. The summed E-state index contributed by atoms with van der Waals surface area (Å²) in [5, 5.41) is 9.06. The highest BCUT2D eigenvalue weighted by atomic mass is 16.5. The van der Waals surface area contributed by atoms with Crippen LogP contribution in [-0.4, -0.2) is 35.0 Å². The molecule has 0 saturated heterocycles. The molecule has 0 saturated carbocycles. The Morgan fingerprint density at radius 3 is 2.53 bits per heavy atom. The topological polar surface area (TPSA) is 49.5 Å². The quantitative estimate of drug-likeness (QED) is 0.326. The predicted molar refractivity (Wildman–Crippen MR) is 56.9 cm³/mol. The normalized spacial score (nSPS) is 20.7. The van der Waals surface area contributed by atoms with Gasteiger partial charge in [0.05, 0.1) is 7.11 Å². The van der Waals surface area contributed by atoms with Gasteiger partial charge in [-0.25, -0.2) is 4.79 Å². The first-order valence-electron chi connectivity index (χ1n) is 4.94. The first-order valence-corrected chi connectivity index (χ1v) is 4.94. The molecule has 0 aromatic carbocycles. The van der Waals surface area contributed by atoms with Gasteiger partial charge < -0.3 is 9.84 Å². The minimum atomic E-state index is -0.505. The van der Waals surface area contributed by atoms with Crippen molar-refractivity contribution in [2.24, 2.45) is 5.41 Å². The number of aliphatic hydroxyl groups excluding tert-OH is 1. The SMILES string of the molecule is COC(=O)/C(=C/O)[N+]1=C(C)CC(C)(C)C1. The van der Waals surface area contributed by atoms with Crippen molar-refractivity contribution in [3.8, 4) is 0 Å². The number of methoxy groups -OCH3 is 1. The van der Waals surface area contributed by atoms with Gasteiger partial charge in [0.2, 0.25) is 0 Å². The minimum Gasteiger partial charge on any atom is -0.509 e. The van der Waals surface area contributed by atoms with Crippen molar-refractivity contribution in [1.29, 1.82) is 0 Å². The van der Waals surface area contributed by atoms with E-state index in [9.17, 15) is 4.79 Å². The van der Waals surface area contributed by atoms with Crippen LogP contribution in [0.4, 0.5) is 0 Å². The summed E-state index contributed by atoms with van der Waals surface area (Å²) < 4.78 is 6.42. The van der Waals surface area contributed by atoms with E-state index in [2.05, 4.69) is 18.6 Å². The molecule has 1 aliphatic heterocycles. The number of ether oxygens (including phenoxy) is 1. The van der Waals surface area contributed by atoms with E-state index in [1.165, 1.54) is 7.11 Å². The fraction of sp³-hybridized carbons (Fsp3) is 0.636. The Balaban J connectivity index is 2.98. The molecule has 15 heavy (non-hydrogen) atoms. The number of nitrogens with zero attached hydrogens (tertiary/aromatic N) is 1. The van der Waals surface area contributed by atoms with Crippen molar-refractivity contribution in [2.75, 3.05) is 13.7 Å². The molecular weight excluding hydrogens is 194 g/mol. The second-order valence-electron chi connectivity index (χ2n) is 4.67. The van der Waals surface area contributed by atoms with Gasteiger partial charge in [-0.2, -0.15) is 4.58 Å². The molecule has 4 nitrogen and oxygen atoms in total. The van der Waals surface area contributed by atoms with Crippen LogP contribution < -0.4 is 0 Å². The monoisotopic (exact) mass is 212 g/mol. The third-order valence-electron chi connectivity index (χ3n) is 2.59. The highest BCUT2D eigenvalue weighted by Gasteiger charge is 2.40. The molecule has 0 bridgehead atoms. The maximum Gasteiger partial charge on any atom is 0.406 e. The maximum absolute atomic E-state index is 11.4. The Bertz CT molecular complexity index is 340. The number of aliphatic hydroxyl groups is 1. The summed E-state index contributed by atoms with van der Waals surface area (Å²) in [7, 11) is 1.31. The van der Waals surface area contributed by atoms with Crippen LogP contribution in [0, 0.1) is 5.41 Å². The molecule has 0 spiro atoms. The van der Waals surface area contributed by atoms with E-state index >= 15 is 0 Å². The van der Waals surface area contributed by atoms with Crippen molar-refractivity contribution >= 4 is 11.7 Å². The minimum absolute atomic E-state index is 0.131. The lowest BCUT2D eigenvalue weighted by Crippen LogP contribution is -2.24. The van der Waals surface area contributed by atoms with Crippen LogP contribution in [0.15, 0.2) is 12.0 Å². The molecule has 0 unspecified atom stereocenters. The lowest BCUT2D eigenvalue weighted by atomic mass is 9.91. The molecule has 1 rings (SSSR count). The van der Waals surface area contributed by atoms with Gasteiger partial charge in [0.1, 0.15) is 0 Å². The smallest absolute Gasteiger partial charge is 0.406 e. The molecule has 4 heteroatoms. The van der Waals surface area contributed by atoms with E-state index in [0.29, 0.717) is 0 Å². The molecule has 0 amide bonds. The van der Waals surface area contributed by atoms with E-state index in [-0.39, 0.29) is 11.1 Å². The van der Waals surface area contributed by atoms with Crippen LogP contribution in [0.2, 0.25) is 0 Å². The summed E-state index contributed by atoms with van der Waals surface area (Å²) in [5.41, 5.74) is 1.41. The number of rotatable bonds is 2. The first-order chi connectivity index (χ1) is 6.91. The van der Waals surface area contributed by atoms with E-state index in [4.69, 9.17) is 5.11 Å². The molecule has 0 aromatic heterocycles. The summed E-state index contributed by atoms with van der Waals surface area (Å²) in [5.74, 6) is -0.505. The van der Waals surface area contributed by atoms with Crippen LogP contribution in [0.25, 0.3) is 0 Å². The lowest BCUT2D eigenvalue weighted by Gasteiger charge is -2.11. The van der Waals surface area contributed by atoms with Crippen LogP contribution in [-0.2, 0) is 9.53 Å². The Morgan fingerprint density at radius 2 is 2.20 bits per heavy atom. The molecule has 1 aliphatic rings. The molecule has 84 valence electrons.